The van der Waals surface area contributed by atoms with Gasteiger partial charge in [-0.1, -0.05) is 36.4 Å². The Morgan fingerprint density at radius 3 is 2.44 bits per heavy atom. The first-order chi connectivity index (χ1) is 11.8. The Balaban J connectivity index is 2.31. The number of rotatable bonds is 3. The summed E-state index contributed by atoms with van der Waals surface area (Å²) in [5.74, 6) is -0.417. The number of amides is 1. The number of anilines is 1. The Hall–Kier alpha value is -2.97. The molecule has 0 fully saturated rings. The summed E-state index contributed by atoms with van der Waals surface area (Å²) in [7, 11) is -4.46. The van der Waals surface area contributed by atoms with E-state index in [1.54, 1.807) is 24.3 Å². The van der Waals surface area contributed by atoms with Crippen LogP contribution in [0.25, 0.3) is 22.1 Å². The first-order valence-electron chi connectivity index (χ1n) is 7.19. The molecule has 1 amide bonds. The van der Waals surface area contributed by atoms with Crippen LogP contribution in [0.2, 0.25) is 0 Å². The molecule has 1 heterocycles. The van der Waals surface area contributed by atoms with Crippen molar-refractivity contribution in [1.29, 1.82) is 0 Å². The smallest absolute Gasteiger partial charge is 0.360 e. The van der Waals surface area contributed by atoms with E-state index in [0.717, 1.165) is 0 Å². The number of benzene rings is 2. The van der Waals surface area contributed by atoms with Gasteiger partial charge in [-0.25, -0.2) is 4.79 Å². The lowest BCUT2D eigenvalue weighted by Crippen LogP contribution is -2.14. The fraction of sp³-hybridized carbons (Fsp3) is 0.0588. The molecule has 3 aromatic rings. The van der Waals surface area contributed by atoms with Crippen LogP contribution in [0.15, 0.2) is 62.6 Å². The predicted octanol–water partition coefficient (Wildman–Crippen LogP) is 2.67. The zero-order valence-corrected chi connectivity index (χ0v) is 13.8. The van der Waals surface area contributed by atoms with Crippen LogP contribution in [-0.4, -0.2) is 18.9 Å². The van der Waals surface area contributed by atoms with E-state index in [0.29, 0.717) is 10.9 Å². The van der Waals surface area contributed by atoms with Crippen LogP contribution in [-0.2, 0) is 14.9 Å². The third-order valence-electron chi connectivity index (χ3n) is 3.53. The van der Waals surface area contributed by atoms with Crippen LogP contribution in [0.5, 0.6) is 0 Å². The fourth-order valence-electron chi connectivity index (χ4n) is 2.55. The largest absolute Gasteiger partial charge is 0.421 e. The van der Waals surface area contributed by atoms with Gasteiger partial charge in [-0.05, 0) is 12.1 Å². The highest BCUT2D eigenvalue weighted by Gasteiger charge is 2.19. The van der Waals surface area contributed by atoms with E-state index in [2.05, 4.69) is 5.32 Å². The quantitative estimate of drug-likeness (QED) is 0.549. The number of para-hydroxylation sites is 1. The van der Waals surface area contributed by atoms with Gasteiger partial charge in [0.2, 0.25) is 5.91 Å². The van der Waals surface area contributed by atoms with Crippen molar-refractivity contribution in [2.45, 2.75) is 11.8 Å². The van der Waals surface area contributed by atoms with Gasteiger partial charge in [0.25, 0.3) is 10.1 Å². The van der Waals surface area contributed by atoms with Gasteiger partial charge >= 0.3 is 5.63 Å². The zero-order chi connectivity index (χ0) is 18.2. The summed E-state index contributed by atoms with van der Waals surface area (Å²) < 4.78 is 38.0. The summed E-state index contributed by atoms with van der Waals surface area (Å²) in [5, 5.41) is 2.87. The molecule has 0 saturated heterocycles. The minimum absolute atomic E-state index is 0.0137. The highest BCUT2D eigenvalue weighted by Crippen LogP contribution is 2.33. The van der Waals surface area contributed by atoms with E-state index in [9.17, 15) is 22.6 Å². The lowest BCUT2D eigenvalue weighted by Gasteiger charge is -2.10. The molecule has 0 bridgehead atoms. The van der Waals surface area contributed by atoms with Crippen molar-refractivity contribution < 1.29 is 22.2 Å². The van der Waals surface area contributed by atoms with Gasteiger partial charge in [0.15, 0.2) is 0 Å². The van der Waals surface area contributed by atoms with Gasteiger partial charge in [-0.15, -0.1) is 0 Å². The minimum atomic E-state index is -4.46. The van der Waals surface area contributed by atoms with Crippen molar-refractivity contribution in [2.75, 3.05) is 5.32 Å². The summed E-state index contributed by atoms with van der Waals surface area (Å²) in [6.45, 7) is 1.27. The first kappa shape index (κ1) is 16.9. The molecule has 0 atom stereocenters. The van der Waals surface area contributed by atoms with Gasteiger partial charge in [-0.3, -0.25) is 9.35 Å². The number of fused-ring (bicyclic) bond motifs is 1. The molecule has 128 valence electrons. The maximum absolute atomic E-state index is 12.1. The van der Waals surface area contributed by atoms with E-state index in [1.807, 2.05) is 0 Å². The SMILES string of the molecule is CC(=O)Nc1cc2cccc(-c3ccccc3S(=O)(=O)O)c2oc1=O. The van der Waals surface area contributed by atoms with Gasteiger partial charge in [0.1, 0.15) is 16.2 Å². The van der Waals surface area contributed by atoms with Crippen LogP contribution < -0.4 is 10.9 Å². The van der Waals surface area contributed by atoms with Gasteiger partial charge in [0, 0.05) is 23.4 Å². The van der Waals surface area contributed by atoms with Crippen molar-refractivity contribution in [3.05, 3.63) is 59.0 Å². The Bertz CT molecular complexity index is 1150. The average molecular weight is 359 g/mol. The Labute approximate surface area is 142 Å². The third kappa shape index (κ3) is 3.30. The molecule has 0 unspecified atom stereocenters. The van der Waals surface area contributed by atoms with E-state index >= 15 is 0 Å². The maximum atomic E-state index is 12.1. The molecule has 2 N–H and O–H groups in total. The minimum Gasteiger partial charge on any atom is -0.421 e. The third-order valence-corrected chi connectivity index (χ3v) is 4.44. The maximum Gasteiger partial charge on any atom is 0.360 e. The molecule has 7 nitrogen and oxygen atoms in total. The molecule has 2 aromatic carbocycles. The van der Waals surface area contributed by atoms with Gasteiger partial charge in [-0.2, -0.15) is 8.42 Å². The van der Waals surface area contributed by atoms with Crippen LogP contribution >= 0.6 is 0 Å². The van der Waals surface area contributed by atoms with Crippen molar-refractivity contribution in [3.8, 4) is 11.1 Å². The summed E-state index contributed by atoms with van der Waals surface area (Å²) in [6.07, 6.45) is 0. The molecule has 3 rings (SSSR count). The molecule has 0 radical (unpaired) electrons. The number of carbonyl (C=O) groups excluding carboxylic acids is 1. The fourth-order valence-corrected chi connectivity index (χ4v) is 3.25. The molecule has 1 aromatic heterocycles. The van der Waals surface area contributed by atoms with Crippen LogP contribution in [0.4, 0.5) is 5.69 Å². The predicted molar refractivity (Wildman–Crippen MR) is 92.0 cm³/mol. The van der Waals surface area contributed by atoms with E-state index < -0.39 is 21.7 Å². The molecule has 0 spiro atoms. The zero-order valence-electron chi connectivity index (χ0n) is 13.0. The van der Waals surface area contributed by atoms with Crippen LogP contribution in [0, 0.1) is 0 Å². The molecule has 0 aliphatic carbocycles. The molecular formula is C17H13NO6S. The lowest BCUT2D eigenvalue weighted by atomic mass is 10.0. The summed E-state index contributed by atoms with van der Waals surface area (Å²) in [6, 6.07) is 12.2. The number of hydrogen-bond donors (Lipinski definition) is 2. The van der Waals surface area contributed by atoms with E-state index in [1.165, 1.54) is 31.2 Å². The second-order valence-electron chi connectivity index (χ2n) is 5.32. The summed E-state index contributed by atoms with van der Waals surface area (Å²) >= 11 is 0. The average Bonchev–Trinajstić information content (AvgIpc) is 2.54. The highest BCUT2D eigenvalue weighted by molar-refractivity contribution is 7.86. The van der Waals surface area contributed by atoms with Crippen LogP contribution in [0.1, 0.15) is 6.92 Å². The molecule has 25 heavy (non-hydrogen) atoms. The second kappa shape index (κ2) is 6.15. The van der Waals surface area contributed by atoms with Gasteiger partial charge < -0.3 is 9.73 Å². The van der Waals surface area contributed by atoms with E-state index in [4.69, 9.17) is 4.42 Å². The monoisotopic (exact) mass is 359 g/mol. The molecule has 0 aliphatic rings. The first-order valence-corrected chi connectivity index (χ1v) is 8.63. The Morgan fingerprint density at radius 2 is 1.76 bits per heavy atom. The summed E-state index contributed by atoms with van der Waals surface area (Å²) in [5.41, 5.74) is -0.0966. The Kier molecular flexibility index (Phi) is 4.15. The van der Waals surface area contributed by atoms with Crippen molar-refractivity contribution in [1.82, 2.24) is 0 Å². The normalized spacial score (nSPS) is 11.4. The number of hydrogen-bond acceptors (Lipinski definition) is 5. The number of carbonyl (C=O) groups is 1. The van der Waals surface area contributed by atoms with Crippen molar-refractivity contribution in [2.24, 2.45) is 0 Å². The molecule has 0 saturated carbocycles. The van der Waals surface area contributed by atoms with Crippen molar-refractivity contribution >= 4 is 32.7 Å². The van der Waals surface area contributed by atoms with Gasteiger partial charge in [0.05, 0.1) is 0 Å². The standard InChI is InChI=1S/C17H13NO6S/c1-10(19)18-14-9-11-5-4-7-13(16(11)24-17(14)20)12-6-2-3-8-15(12)25(21,22)23/h2-9H,1H3,(H,18,19)(H,21,22,23). The highest BCUT2D eigenvalue weighted by atomic mass is 32.2. The molecular weight excluding hydrogens is 346 g/mol. The summed E-state index contributed by atoms with van der Waals surface area (Å²) in [4.78, 5) is 22.9. The Morgan fingerprint density at radius 1 is 1.08 bits per heavy atom. The van der Waals surface area contributed by atoms with E-state index in [-0.39, 0.29) is 21.7 Å². The topological polar surface area (TPSA) is 114 Å². The van der Waals surface area contributed by atoms with Crippen molar-refractivity contribution in [3.63, 3.8) is 0 Å². The molecule has 8 heteroatoms. The lowest BCUT2D eigenvalue weighted by molar-refractivity contribution is -0.114. The number of nitrogens with one attached hydrogen (secondary N) is 1. The molecule has 0 aliphatic heterocycles. The van der Waals surface area contributed by atoms with Crippen LogP contribution in [0.3, 0.4) is 0 Å². The second-order valence-corrected chi connectivity index (χ2v) is 6.71.